The minimum Gasteiger partial charge on any atom is -0.495 e. The molecule has 0 fully saturated rings. The number of aryl methyl sites for hydroxylation is 1. The fraction of sp³-hybridized carbons (Fsp3) is 0.333. The van der Waals surface area contributed by atoms with Gasteiger partial charge in [-0.1, -0.05) is 6.07 Å². The molecule has 1 unspecified atom stereocenters. The zero-order chi connectivity index (χ0) is 13.5. The van der Waals surface area contributed by atoms with Gasteiger partial charge in [-0.2, -0.15) is 0 Å². The Bertz CT molecular complexity index is 502. The maximum atomic E-state index is 5.21. The van der Waals surface area contributed by atoms with Gasteiger partial charge in [0.05, 0.1) is 13.3 Å². The van der Waals surface area contributed by atoms with Crippen LogP contribution in [0.3, 0.4) is 0 Å². The summed E-state index contributed by atoms with van der Waals surface area (Å²) in [5, 5.41) is 3.32. The summed E-state index contributed by atoms with van der Waals surface area (Å²) in [7, 11) is 3.62. The third-order valence-electron chi connectivity index (χ3n) is 3.17. The molecule has 0 spiro atoms. The average Bonchev–Trinajstić information content (AvgIpc) is 2.49. The van der Waals surface area contributed by atoms with E-state index in [0.29, 0.717) is 0 Å². The molecule has 2 aromatic rings. The summed E-state index contributed by atoms with van der Waals surface area (Å²) in [5.74, 6) is 0.791. The van der Waals surface area contributed by atoms with Gasteiger partial charge in [0.2, 0.25) is 0 Å². The Morgan fingerprint density at radius 2 is 2.16 bits per heavy atom. The Balaban J connectivity index is 2.03. The Kier molecular flexibility index (Phi) is 4.86. The van der Waals surface area contributed by atoms with E-state index in [0.717, 1.165) is 24.2 Å². The standard InChI is InChI=1S/C15H19N3O/c1-16-15(6-5-12-4-3-7-17-9-12)13-8-14(19-2)11-18-10-13/h3-4,7-11,15-16H,5-6H2,1-2H3. The molecule has 19 heavy (non-hydrogen) atoms. The number of hydrogen-bond acceptors (Lipinski definition) is 4. The predicted octanol–water partition coefficient (Wildman–Crippen LogP) is 2.38. The summed E-state index contributed by atoms with van der Waals surface area (Å²) in [4.78, 5) is 8.34. The van der Waals surface area contributed by atoms with Crippen molar-refractivity contribution in [3.8, 4) is 5.75 Å². The van der Waals surface area contributed by atoms with Crippen LogP contribution < -0.4 is 10.1 Å². The predicted molar refractivity (Wildman–Crippen MR) is 75.1 cm³/mol. The normalized spacial score (nSPS) is 12.1. The van der Waals surface area contributed by atoms with Gasteiger partial charge in [0.25, 0.3) is 0 Å². The van der Waals surface area contributed by atoms with Gasteiger partial charge in [-0.05, 0) is 43.1 Å². The molecule has 0 saturated heterocycles. The molecule has 0 amide bonds. The van der Waals surface area contributed by atoms with E-state index in [4.69, 9.17) is 4.74 Å². The van der Waals surface area contributed by atoms with Crippen LogP contribution in [0.15, 0.2) is 43.0 Å². The second-order valence-corrected chi connectivity index (χ2v) is 4.40. The van der Waals surface area contributed by atoms with Crippen molar-refractivity contribution in [2.24, 2.45) is 0 Å². The van der Waals surface area contributed by atoms with Crippen molar-refractivity contribution >= 4 is 0 Å². The molecular formula is C15H19N3O. The molecule has 1 atom stereocenters. The summed E-state index contributed by atoms with van der Waals surface area (Å²) in [6.45, 7) is 0. The average molecular weight is 257 g/mol. The van der Waals surface area contributed by atoms with Crippen molar-refractivity contribution < 1.29 is 4.74 Å². The summed E-state index contributed by atoms with van der Waals surface area (Å²) in [6.07, 6.45) is 9.29. The molecule has 0 radical (unpaired) electrons. The third-order valence-corrected chi connectivity index (χ3v) is 3.17. The van der Waals surface area contributed by atoms with Crippen LogP contribution in [0.2, 0.25) is 0 Å². The number of aromatic nitrogens is 2. The van der Waals surface area contributed by atoms with Gasteiger partial charge in [-0.15, -0.1) is 0 Å². The van der Waals surface area contributed by atoms with Crippen LogP contribution in [0.1, 0.15) is 23.6 Å². The molecule has 0 aliphatic heterocycles. The fourth-order valence-electron chi connectivity index (χ4n) is 2.07. The largest absolute Gasteiger partial charge is 0.495 e. The molecule has 0 saturated carbocycles. The molecule has 2 rings (SSSR count). The molecule has 2 heterocycles. The maximum Gasteiger partial charge on any atom is 0.137 e. The number of nitrogens with zero attached hydrogens (tertiary/aromatic N) is 2. The van der Waals surface area contributed by atoms with Crippen molar-refractivity contribution in [1.82, 2.24) is 15.3 Å². The maximum absolute atomic E-state index is 5.21. The quantitative estimate of drug-likeness (QED) is 0.863. The first kappa shape index (κ1) is 13.5. The highest BCUT2D eigenvalue weighted by Gasteiger charge is 2.10. The van der Waals surface area contributed by atoms with Crippen LogP contribution in [-0.2, 0) is 6.42 Å². The van der Waals surface area contributed by atoms with Crippen LogP contribution in [0.25, 0.3) is 0 Å². The number of pyridine rings is 2. The molecule has 2 aromatic heterocycles. The van der Waals surface area contributed by atoms with E-state index in [9.17, 15) is 0 Å². The monoisotopic (exact) mass is 257 g/mol. The lowest BCUT2D eigenvalue weighted by Gasteiger charge is -2.16. The van der Waals surface area contributed by atoms with Crippen molar-refractivity contribution in [3.05, 3.63) is 54.1 Å². The number of rotatable bonds is 6. The summed E-state index contributed by atoms with van der Waals surface area (Å²) in [5.41, 5.74) is 2.39. The third kappa shape index (κ3) is 3.76. The first-order valence-electron chi connectivity index (χ1n) is 6.38. The van der Waals surface area contributed by atoms with Gasteiger partial charge in [-0.3, -0.25) is 9.97 Å². The SMILES string of the molecule is CNC(CCc1cccnc1)c1cncc(OC)c1. The summed E-state index contributed by atoms with van der Waals surface area (Å²) in [6, 6.07) is 6.36. The molecule has 4 nitrogen and oxygen atoms in total. The van der Waals surface area contributed by atoms with Gasteiger partial charge in [0.1, 0.15) is 5.75 Å². The highest BCUT2D eigenvalue weighted by atomic mass is 16.5. The zero-order valence-corrected chi connectivity index (χ0v) is 11.3. The van der Waals surface area contributed by atoms with Crippen LogP contribution >= 0.6 is 0 Å². The van der Waals surface area contributed by atoms with Gasteiger partial charge in [0.15, 0.2) is 0 Å². The second kappa shape index (κ2) is 6.85. The van der Waals surface area contributed by atoms with Gasteiger partial charge in [0, 0.05) is 24.6 Å². The van der Waals surface area contributed by atoms with Crippen molar-refractivity contribution in [3.63, 3.8) is 0 Å². The van der Waals surface area contributed by atoms with Crippen LogP contribution in [0, 0.1) is 0 Å². The van der Waals surface area contributed by atoms with E-state index in [1.54, 1.807) is 19.5 Å². The molecule has 0 aliphatic carbocycles. The first-order chi connectivity index (χ1) is 9.33. The smallest absolute Gasteiger partial charge is 0.137 e. The van der Waals surface area contributed by atoms with E-state index in [-0.39, 0.29) is 6.04 Å². The van der Waals surface area contributed by atoms with Crippen LogP contribution in [-0.4, -0.2) is 24.1 Å². The minimum atomic E-state index is 0.266. The Labute approximate surface area is 113 Å². The highest BCUT2D eigenvalue weighted by Crippen LogP contribution is 2.21. The molecule has 0 bridgehead atoms. The lowest BCUT2D eigenvalue weighted by atomic mass is 10.0. The topological polar surface area (TPSA) is 47.0 Å². The first-order valence-corrected chi connectivity index (χ1v) is 6.38. The molecular weight excluding hydrogens is 238 g/mol. The zero-order valence-electron chi connectivity index (χ0n) is 11.3. The lowest BCUT2D eigenvalue weighted by Crippen LogP contribution is -2.17. The van der Waals surface area contributed by atoms with E-state index in [1.807, 2.05) is 31.6 Å². The summed E-state index contributed by atoms with van der Waals surface area (Å²) < 4.78 is 5.21. The van der Waals surface area contributed by atoms with Gasteiger partial charge < -0.3 is 10.1 Å². The lowest BCUT2D eigenvalue weighted by molar-refractivity contribution is 0.410. The van der Waals surface area contributed by atoms with Crippen LogP contribution in [0.5, 0.6) is 5.75 Å². The van der Waals surface area contributed by atoms with E-state index in [1.165, 1.54) is 5.56 Å². The molecule has 1 N–H and O–H groups in total. The van der Waals surface area contributed by atoms with Crippen molar-refractivity contribution in [1.29, 1.82) is 0 Å². The molecule has 0 aliphatic rings. The van der Waals surface area contributed by atoms with Gasteiger partial charge >= 0.3 is 0 Å². The number of hydrogen-bond donors (Lipinski definition) is 1. The molecule has 4 heteroatoms. The molecule has 0 aromatic carbocycles. The van der Waals surface area contributed by atoms with Crippen molar-refractivity contribution in [2.45, 2.75) is 18.9 Å². The fourth-order valence-corrected chi connectivity index (χ4v) is 2.07. The van der Waals surface area contributed by atoms with Crippen molar-refractivity contribution in [2.75, 3.05) is 14.2 Å². The van der Waals surface area contributed by atoms with E-state index < -0.39 is 0 Å². The Hall–Kier alpha value is -1.94. The number of methoxy groups -OCH3 is 1. The molecule has 100 valence electrons. The minimum absolute atomic E-state index is 0.266. The van der Waals surface area contributed by atoms with Gasteiger partial charge in [-0.25, -0.2) is 0 Å². The Morgan fingerprint density at radius 1 is 1.26 bits per heavy atom. The second-order valence-electron chi connectivity index (χ2n) is 4.40. The highest BCUT2D eigenvalue weighted by molar-refractivity contribution is 5.26. The van der Waals surface area contributed by atoms with E-state index in [2.05, 4.69) is 21.4 Å². The summed E-state index contributed by atoms with van der Waals surface area (Å²) >= 11 is 0. The number of nitrogens with one attached hydrogen (secondary N) is 1. The Morgan fingerprint density at radius 3 is 2.84 bits per heavy atom. The van der Waals surface area contributed by atoms with E-state index >= 15 is 0 Å². The van der Waals surface area contributed by atoms with Crippen LogP contribution in [0.4, 0.5) is 0 Å². The number of ether oxygens (including phenoxy) is 1.